The molecule has 1 aromatic rings. The molecule has 1 aromatic carbocycles. The van der Waals surface area contributed by atoms with Crippen LogP contribution in [0.15, 0.2) is 30.9 Å². The van der Waals surface area contributed by atoms with Crippen molar-refractivity contribution in [2.24, 2.45) is 5.73 Å². The van der Waals surface area contributed by atoms with Crippen molar-refractivity contribution in [2.75, 3.05) is 13.2 Å². The number of carbonyl (C=O) groups is 1. The molecule has 0 bridgehead atoms. The van der Waals surface area contributed by atoms with Gasteiger partial charge >= 0.3 is 0 Å². The molecule has 0 unspecified atom stereocenters. The Bertz CT molecular complexity index is 407. The molecule has 4 nitrogen and oxygen atoms in total. The number of amides is 1. The Labute approximate surface area is 99.3 Å². The second-order valence-electron chi connectivity index (χ2n) is 3.35. The van der Waals surface area contributed by atoms with E-state index in [9.17, 15) is 9.18 Å². The quantitative estimate of drug-likeness (QED) is 0.726. The van der Waals surface area contributed by atoms with Crippen LogP contribution in [0.2, 0.25) is 0 Å². The maximum Gasteiger partial charge on any atom is 0.258 e. The zero-order valence-electron chi connectivity index (χ0n) is 9.41. The van der Waals surface area contributed by atoms with Gasteiger partial charge in [-0.25, -0.2) is 4.39 Å². The highest BCUT2D eigenvalue weighted by molar-refractivity contribution is 5.77. The Kier molecular flexibility index (Phi) is 5.16. The molecule has 17 heavy (non-hydrogen) atoms. The monoisotopic (exact) mass is 238 g/mol. The molecule has 0 saturated carbocycles. The molecule has 1 rings (SSSR count). The van der Waals surface area contributed by atoms with Gasteiger partial charge in [-0.05, 0) is 17.7 Å². The number of nitrogens with two attached hydrogens (primary N) is 1. The van der Waals surface area contributed by atoms with E-state index < -0.39 is 5.82 Å². The number of hydrogen-bond donors (Lipinski definition) is 2. The number of rotatable bonds is 6. The van der Waals surface area contributed by atoms with Crippen LogP contribution in [-0.4, -0.2) is 19.1 Å². The molecular weight excluding hydrogens is 223 g/mol. The van der Waals surface area contributed by atoms with E-state index in [4.69, 9.17) is 10.5 Å². The van der Waals surface area contributed by atoms with Gasteiger partial charge in [0.2, 0.25) is 0 Å². The molecule has 0 heterocycles. The maximum absolute atomic E-state index is 13.4. The van der Waals surface area contributed by atoms with Gasteiger partial charge in [-0.15, -0.1) is 6.58 Å². The number of ether oxygens (including phenoxy) is 1. The van der Waals surface area contributed by atoms with Crippen LogP contribution >= 0.6 is 0 Å². The zero-order chi connectivity index (χ0) is 12.7. The highest BCUT2D eigenvalue weighted by atomic mass is 19.1. The summed E-state index contributed by atoms with van der Waals surface area (Å²) in [7, 11) is 0. The van der Waals surface area contributed by atoms with Gasteiger partial charge in [-0.2, -0.15) is 0 Å². The number of benzene rings is 1. The zero-order valence-corrected chi connectivity index (χ0v) is 9.41. The third-order valence-corrected chi connectivity index (χ3v) is 2.03. The van der Waals surface area contributed by atoms with E-state index in [2.05, 4.69) is 11.9 Å². The molecule has 0 spiro atoms. The predicted octanol–water partition coefficient (Wildman–Crippen LogP) is 0.965. The minimum Gasteiger partial charge on any atom is -0.481 e. The lowest BCUT2D eigenvalue weighted by atomic mass is 10.2. The summed E-state index contributed by atoms with van der Waals surface area (Å²) in [6.45, 7) is 3.85. The van der Waals surface area contributed by atoms with Crippen LogP contribution in [0.5, 0.6) is 5.75 Å². The predicted molar refractivity (Wildman–Crippen MR) is 63.0 cm³/mol. The van der Waals surface area contributed by atoms with E-state index >= 15 is 0 Å². The number of carbonyl (C=O) groups excluding carboxylic acids is 1. The van der Waals surface area contributed by atoms with Gasteiger partial charge in [0.15, 0.2) is 18.2 Å². The fourth-order valence-corrected chi connectivity index (χ4v) is 1.17. The van der Waals surface area contributed by atoms with Crippen LogP contribution in [-0.2, 0) is 11.3 Å². The number of halogens is 1. The number of hydrogen-bond acceptors (Lipinski definition) is 3. The molecule has 0 fully saturated rings. The summed E-state index contributed by atoms with van der Waals surface area (Å²) in [6.07, 6.45) is 1.55. The van der Waals surface area contributed by atoms with E-state index in [1.807, 2.05) is 0 Å². The first-order valence-electron chi connectivity index (χ1n) is 5.16. The van der Waals surface area contributed by atoms with Crippen LogP contribution in [0.4, 0.5) is 4.39 Å². The third kappa shape index (κ3) is 4.24. The highest BCUT2D eigenvalue weighted by Gasteiger charge is 2.06. The summed E-state index contributed by atoms with van der Waals surface area (Å²) in [5.74, 6) is -0.812. The Morgan fingerprint density at radius 1 is 1.59 bits per heavy atom. The molecular formula is C12H15FN2O2. The average molecular weight is 238 g/mol. The van der Waals surface area contributed by atoms with Gasteiger partial charge in [0.1, 0.15) is 0 Å². The third-order valence-electron chi connectivity index (χ3n) is 2.03. The van der Waals surface area contributed by atoms with Gasteiger partial charge < -0.3 is 15.8 Å². The van der Waals surface area contributed by atoms with Crippen molar-refractivity contribution in [2.45, 2.75) is 6.54 Å². The van der Waals surface area contributed by atoms with Crippen LogP contribution in [0, 0.1) is 5.82 Å². The van der Waals surface area contributed by atoms with E-state index in [0.717, 1.165) is 0 Å². The van der Waals surface area contributed by atoms with Gasteiger partial charge in [-0.1, -0.05) is 12.1 Å². The van der Waals surface area contributed by atoms with Crippen LogP contribution in [0.1, 0.15) is 5.56 Å². The molecule has 3 N–H and O–H groups in total. The fourth-order valence-electron chi connectivity index (χ4n) is 1.17. The van der Waals surface area contributed by atoms with Crippen LogP contribution < -0.4 is 15.8 Å². The second kappa shape index (κ2) is 6.65. The van der Waals surface area contributed by atoms with Gasteiger partial charge in [-0.3, -0.25) is 4.79 Å². The molecule has 0 radical (unpaired) electrons. The lowest BCUT2D eigenvalue weighted by Crippen LogP contribution is -2.28. The van der Waals surface area contributed by atoms with E-state index in [1.54, 1.807) is 12.1 Å². The first-order chi connectivity index (χ1) is 8.17. The molecule has 0 saturated heterocycles. The van der Waals surface area contributed by atoms with Crippen molar-refractivity contribution in [3.8, 4) is 5.75 Å². The summed E-state index contributed by atoms with van der Waals surface area (Å²) in [5.41, 5.74) is 6.04. The Hall–Kier alpha value is -1.88. The lowest BCUT2D eigenvalue weighted by Gasteiger charge is -2.08. The van der Waals surface area contributed by atoms with E-state index in [0.29, 0.717) is 12.1 Å². The highest BCUT2D eigenvalue weighted by Crippen LogP contribution is 2.17. The molecule has 0 atom stereocenters. The Morgan fingerprint density at radius 2 is 2.35 bits per heavy atom. The molecule has 1 amide bonds. The first kappa shape index (κ1) is 13.2. The molecule has 0 aromatic heterocycles. The first-order valence-corrected chi connectivity index (χ1v) is 5.16. The van der Waals surface area contributed by atoms with Crippen molar-refractivity contribution in [1.29, 1.82) is 0 Å². The maximum atomic E-state index is 13.4. The van der Waals surface area contributed by atoms with Crippen molar-refractivity contribution in [1.82, 2.24) is 5.32 Å². The van der Waals surface area contributed by atoms with Crippen molar-refractivity contribution < 1.29 is 13.9 Å². The summed E-state index contributed by atoms with van der Waals surface area (Å²) >= 11 is 0. The fraction of sp³-hybridized carbons (Fsp3) is 0.250. The minimum absolute atomic E-state index is 0.0379. The van der Waals surface area contributed by atoms with Crippen molar-refractivity contribution >= 4 is 5.91 Å². The molecule has 5 heteroatoms. The summed E-state index contributed by atoms with van der Waals surface area (Å²) in [5, 5.41) is 2.52. The largest absolute Gasteiger partial charge is 0.481 e. The van der Waals surface area contributed by atoms with Gasteiger partial charge in [0.25, 0.3) is 5.91 Å². The summed E-state index contributed by atoms with van der Waals surface area (Å²) in [4.78, 5) is 11.2. The second-order valence-corrected chi connectivity index (χ2v) is 3.35. The Balaban J connectivity index is 2.51. The lowest BCUT2D eigenvalue weighted by molar-refractivity contribution is -0.122. The molecule has 0 aliphatic heterocycles. The molecule has 0 aliphatic rings. The normalized spacial score (nSPS) is 9.76. The van der Waals surface area contributed by atoms with Crippen LogP contribution in [0.25, 0.3) is 0 Å². The summed E-state index contributed by atoms with van der Waals surface area (Å²) in [6, 6.07) is 4.40. The molecule has 0 aliphatic carbocycles. The standard InChI is InChI=1S/C12H15FN2O2/c1-2-5-15-12(16)8-17-11-4-3-9(7-14)6-10(11)13/h2-4,6H,1,5,7-8,14H2,(H,15,16). The smallest absolute Gasteiger partial charge is 0.258 e. The summed E-state index contributed by atoms with van der Waals surface area (Å²) < 4.78 is 18.4. The van der Waals surface area contributed by atoms with E-state index in [1.165, 1.54) is 12.1 Å². The topological polar surface area (TPSA) is 64.3 Å². The van der Waals surface area contributed by atoms with Gasteiger partial charge in [0.05, 0.1) is 0 Å². The SMILES string of the molecule is C=CCNC(=O)COc1ccc(CN)cc1F. The minimum atomic E-state index is -0.524. The van der Waals surface area contributed by atoms with Crippen LogP contribution in [0.3, 0.4) is 0 Å². The Morgan fingerprint density at radius 3 is 2.94 bits per heavy atom. The number of nitrogens with one attached hydrogen (secondary N) is 1. The van der Waals surface area contributed by atoms with Crippen molar-refractivity contribution in [3.63, 3.8) is 0 Å². The average Bonchev–Trinajstić information content (AvgIpc) is 2.34. The van der Waals surface area contributed by atoms with Crippen molar-refractivity contribution in [3.05, 3.63) is 42.2 Å². The van der Waals surface area contributed by atoms with Gasteiger partial charge in [0, 0.05) is 13.1 Å². The molecule has 92 valence electrons. The van der Waals surface area contributed by atoms with E-state index in [-0.39, 0.29) is 24.8 Å².